The van der Waals surface area contributed by atoms with Crippen molar-refractivity contribution >= 4 is 23.0 Å². The first-order valence-corrected chi connectivity index (χ1v) is 6.91. The Balaban J connectivity index is 1.78. The zero-order chi connectivity index (χ0) is 15.4. The molecule has 0 saturated heterocycles. The maximum Gasteiger partial charge on any atom is 0.135 e. The average Bonchev–Trinajstić information content (AvgIpc) is 2.47. The van der Waals surface area contributed by atoms with Crippen molar-refractivity contribution in [3.8, 4) is 5.75 Å². The normalized spacial score (nSPS) is 10.2. The molecule has 0 radical (unpaired) electrons. The van der Waals surface area contributed by atoms with Crippen LogP contribution in [0.5, 0.6) is 5.75 Å². The van der Waals surface area contributed by atoms with E-state index < -0.39 is 0 Å². The second-order valence-corrected chi connectivity index (χ2v) is 4.96. The second-order valence-electron chi connectivity index (χ2n) is 4.96. The molecule has 110 valence electrons. The van der Waals surface area contributed by atoms with Gasteiger partial charge in [0, 0.05) is 23.5 Å². The molecule has 3 aromatic rings. The molecule has 5 heteroatoms. The molecular formula is C17H16N4O. The Kier molecular flexibility index (Phi) is 3.87. The van der Waals surface area contributed by atoms with Crippen molar-refractivity contribution in [1.29, 1.82) is 0 Å². The quantitative estimate of drug-likeness (QED) is 0.678. The van der Waals surface area contributed by atoms with Crippen LogP contribution in [-0.4, -0.2) is 15.1 Å². The number of hydrogen-bond donors (Lipinski definition) is 3. The molecular weight excluding hydrogens is 276 g/mol. The van der Waals surface area contributed by atoms with Crippen molar-refractivity contribution in [2.24, 2.45) is 0 Å². The molecule has 0 aliphatic carbocycles. The van der Waals surface area contributed by atoms with Gasteiger partial charge in [-0.1, -0.05) is 18.2 Å². The topological polar surface area (TPSA) is 70.1 Å². The average molecular weight is 292 g/mol. The Morgan fingerprint density at radius 2 is 1.45 bits per heavy atom. The summed E-state index contributed by atoms with van der Waals surface area (Å²) in [6.07, 6.45) is 1.49. The summed E-state index contributed by atoms with van der Waals surface area (Å²) < 4.78 is 0. The number of anilines is 4. The van der Waals surface area contributed by atoms with Crippen LogP contribution in [0.4, 0.5) is 23.0 Å². The Morgan fingerprint density at radius 1 is 0.818 bits per heavy atom. The van der Waals surface area contributed by atoms with Gasteiger partial charge in [0.25, 0.3) is 0 Å². The first-order valence-electron chi connectivity index (χ1n) is 6.91. The van der Waals surface area contributed by atoms with Crippen LogP contribution >= 0.6 is 0 Å². The number of nitrogens with one attached hydrogen (secondary N) is 2. The van der Waals surface area contributed by atoms with E-state index in [1.807, 2.05) is 43.3 Å². The van der Waals surface area contributed by atoms with Gasteiger partial charge in [-0.25, -0.2) is 9.97 Å². The first kappa shape index (κ1) is 13.9. The Bertz CT molecular complexity index is 726. The predicted octanol–water partition coefficient (Wildman–Crippen LogP) is 3.98. The molecule has 3 rings (SSSR count). The van der Waals surface area contributed by atoms with Gasteiger partial charge in [-0.3, -0.25) is 0 Å². The van der Waals surface area contributed by atoms with Crippen LogP contribution in [0.1, 0.15) is 5.56 Å². The smallest absolute Gasteiger partial charge is 0.135 e. The minimum Gasteiger partial charge on any atom is -0.508 e. The molecule has 0 aliphatic rings. The third-order valence-corrected chi connectivity index (χ3v) is 3.08. The molecule has 0 spiro atoms. The highest BCUT2D eigenvalue weighted by atomic mass is 16.3. The number of aromatic hydroxyl groups is 1. The van der Waals surface area contributed by atoms with Gasteiger partial charge in [0.15, 0.2) is 0 Å². The zero-order valence-corrected chi connectivity index (χ0v) is 12.1. The maximum absolute atomic E-state index is 9.48. The van der Waals surface area contributed by atoms with Crippen molar-refractivity contribution in [2.75, 3.05) is 10.6 Å². The van der Waals surface area contributed by atoms with Crippen LogP contribution in [0.3, 0.4) is 0 Å². The highest BCUT2D eigenvalue weighted by Crippen LogP contribution is 2.21. The molecule has 0 unspecified atom stereocenters. The Morgan fingerprint density at radius 3 is 2.09 bits per heavy atom. The molecule has 0 fully saturated rings. The molecule has 22 heavy (non-hydrogen) atoms. The van der Waals surface area contributed by atoms with E-state index in [0.717, 1.165) is 11.4 Å². The fraction of sp³-hybridized carbons (Fsp3) is 0.0588. The molecule has 0 atom stereocenters. The van der Waals surface area contributed by atoms with Gasteiger partial charge in [-0.2, -0.15) is 0 Å². The second kappa shape index (κ2) is 6.13. The number of aryl methyl sites for hydroxylation is 1. The molecule has 1 heterocycles. The van der Waals surface area contributed by atoms with Crippen molar-refractivity contribution in [3.63, 3.8) is 0 Å². The van der Waals surface area contributed by atoms with Crippen LogP contribution in [0.15, 0.2) is 60.9 Å². The van der Waals surface area contributed by atoms with Gasteiger partial charge in [0.1, 0.15) is 23.7 Å². The minimum absolute atomic E-state index is 0.206. The van der Waals surface area contributed by atoms with E-state index in [9.17, 15) is 5.11 Å². The SMILES string of the molecule is Cc1cccc(Nc2cc(Nc3cccc(O)c3)ncn2)c1. The van der Waals surface area contributed by atoms with Crippen LogP contribution in [0.25, 0.3) is 0 Å². The molecule has 1 aromatic heterocycles. The monoisotopic (exact) mass is 292 g/mol. The molecule has 2 aromatic carbocycles. The highest BCUT2D eigenvalue weighted by Gasteiger charge is 2.01. The fourth-order valence-electron chi connectivity index (χ4n) is 2.10. The van der Waals surface area contributed by atoms with E-state index in [4.69, 9.17) is 0 Å². The maximum atomic E-state index is 9.48. The lowest BCUT2D eigenvalue weighted by molar-refractivity contribution is 0.475. The summed E-state index contributed by atoms with van der Waals surface area (Å²) in [7, 11) is 0. The van der Waals surface area contributed by atoms with E-state index in [1.165, 1.54) is 11.9 Å². The largest absolute Gasteiger partial charge is 0.508 e. The van der Waals surface area contributed by atoms with Gasteiger partial charge in [-0.05, 0) is 36.8 Å². The van der Waals surface area contributed by atoms with Crippen LogP contribution in [-0.2, 0) is 0 Å². The summed E-state index contributed by atoms with van der Waals surface area (Å²) in [6, 6.07) is 16.8. The van der Waals surface area contributed by atoms with Gasteiger partial charge < -0.3 is 15.7 Å². The molecule has 0 amide bonds. The summed E-state index contributed by atoms with van der Waals surface area (Å²) in [5.74, 6) is 1.55. The number of phenolic OH excluding ortho intramolecular Hbond substituents is 1. The minimum atomic E-state index is 0.206. The van der Waals surface area contributed by atoms with Crippen LogP contribution in [0, 0.1) is 6.92 Å². The fourth-order valence-corrected chi connectivity index (χ4v) is 2.10. The zero-order valence-electron chi connectivity index (χ0n) is 12.1. The van der Waals surface area contributed by atoms with Gasteiger partial charge in [0.05, 0.1) is 0 Å². The van der Waals surface area contributed by atoms with Gasteiger partial charge in [0.2, 0.25) is 0 Å². The van der Waals surface area contributed by atoms with Crippen LogP contribution in [0.2, 0.25) is 0 Å². The predicted molar refractivity (Wildman–Crippen MR) is 87.9 cm³/mol. The van der Waals surface area contributed by atoms with E-state index in [-0.39, 0.29) is 5.75 Å². The summed E-state index contributed by atoms with van der Waals surface area (Å²) in [5, 5.41) is 15.9. The molecule has 0 saturated carbocycles. The van der Waals surface area contributed by atoms with E-state index >= 15 is 0 Å². The molecule has 3 N–H and O–H groups in total. The summed E-state index contributed by atoms with van der Waals surface area (Å²) in [5.41, 5.74) is 2.92. The lowest BCUT2D eigenvalue weighted by Gasteiger charge is -2.09. The Hall–Kier alpha value is -3.08. The van der Waals surface area contributed by atoms with Gasteiger partial charge in [-0.15, -0.1) is 0 Å². The molecule has 0 aliphatic heterocycles. The lowest BCUT2D eigenvalue weighted by Crippen LogP contribution is -1.98. The van der Waals surface area contributed by atoms with E-state index in [1.54, 1.807) is 18.2 Å². The summed E-state index contributed by atoms with van der Waals surface area (Å²) in [6.45, 7) is 2.04. The standard InChI is InChI=1S/C17H16N4O/c1-12-4-2-5-13(8-12)20-16-10-17(19-11-18-16)21-14-6-3-7-15(22)9-14/h2-11,22H,1H3,(H2,18,19,20,21). The van der Waals surface area contributed by atoms with E-state index in [2.05, 4.69) is 20.6 Å². The van der Waals surface area contributed by atoms with Crippen LogP contribution < -0.4 is 10.6 Å². The number of hydrogen-bond acceptors (Lipinski definition) is 5. The number of nitrogens with zero attached hydrogens (tertiary/aromatic N) is 2. The van der Waals surface area contributed by atoms with Crippen molar-refractivity contribution in [1.82, 2.24) is 9.97 Å². The number of phenols is 1. The summed E-state index contributed by atoms with van der Waals surface area (Å²) >= 11 is 0. The lowest BCUT2D eigenvalue weighted by atomic mass is 10.2. The third kappa shape index (κ3) is 3.52. The molecule has 5 nitrogen and oxygen atoms in total. The highest BCUT2D eigenvalue weighted by molar-refractivity contribution is 5.63. The van der Waals surface area contributed by atoms with Crippen molar-refractivity contribution in [2.45, 2.75) is 6.92 Å². The van der Waals surface area contributed by atoms with Crippen molar-refractivity contribution in [3.05, 3.63) is 66.5 Å². The molecule has 0 bridgehead atoms. The first-order chi connectivity index (χ1) is 10.7. The number of benzene rings is 2. The van der Waals surface area contributed by atoms with Gasteiger partial charge >= 0.3 is 0 Å². The Labute approximate surface area is 128 Å². The summed E-state index contributed by atoms with van der Waals surface area (Å²) in [4.78, 5) is 8.39. The van der Waals surface area contributed by atoms with E-state index in [0.29, 0.717) is 11.6 Å². The third-order valence-electron chi connectivity index (χ3n) is 3.08. The number of aromatic nitrogens is 2. The van der Waals surface area contributed by atoms with Crippen molar-refractivity contribution < 1.29 is 5.11 Å². The number of rotatable bonds is 4.